The second-order valence-electron chi connectivity index (χ2n) is 4.62. The van der Waals surface area contributed by atoms with E-state index in [9.17, 15) is 23.2 Å². The van der Waals surface area contributed by atoms with Gasteiger partial charge >= 0.3 is 11.9 Å². The number of hydrogen-bond acceptors (Lipinski definition) is 6. The Morgan fingerprint density at radius 2 is 2.22 bits per heavy atom. The van der Waals surface area contributed by atoms with Crippen LogP contribution < -0.4 is 4.90 Å². The molecule has 2 atom stereocenters. The van der Waals surface area contributed by atoms with Crippen molar-refractivity contribution in [1.82, 2.24) is 4.98 Å². The smallest absolute Gasteiger partial charge is 0.348 e. The Labute approximate surface area is 128 Å². The van der Waals surface area contributed by atoms with Gasteiger partial charge in [0.1, 0.15) is 0 Å². The number of halogens is 2. The fraction of sp³-hybridized carbons (Fsp3) is 0.385. The molecular formula is C13H12F2N2O6. The molecule has 0 unspecified atom stereocenters. The normalized spacial score (nSPS) is 19.3. The van der Waals surface area contributed by atoms with E-state index >= 15 is 0 Å². The van der Waals surface area contributed by atoms with Crippen molar-refractivity contribution in [1.29, 1.82) is 0 Å². The van der Waals surface area contributed by atoms with Crippen LogP contribution in [0.15, 0.2) is 12.3 Å². The van der Waals surface area contributed by atoms with E-state index in [-0.39, 0.29) is 18.8 Å². The van der Waals surface area contributed by atoms with E-state index in [2.05, 4.69) is 9.72 Å². The maximum atomic E-state index is 13.2. The quantitative estimate of drug-likeness (QED) is 0.617. The third-order valence-electron chi connectivity index (χ3n) is 3.03. The van der Waals surface area contributed by atoms with Crippen molar-refractivity contribution in [3.05, 3.63) is 24.0 Å². The zero-order valence-corrected chi connectivity index (χ0v) is 11.9. The van der Waals surface area contributed by atoms with Gasteiger partial charge in [-0.25, -0.2) is 14.2 Å². The second-order valence-corrected chi connectivity index (χ2v) is 4.62. The van der Waals surface area contributed by atoms with Crippen LogP contribution in [-0.2, 0) is 23.9 Å². The number of amides is 1. The molecule has 10 heteroatoms. The minimum atomic E-state index is -1.85. The molecule has 0 bridgehead atoms. The number of carbonyl (C=O) groups excluding carboxylic acids is 2. The predicted molar refractivity (Wildman–Crippen MR) is 69.4 cm³/mol. The molecule has 23 heavy (non-hydrogen) atoms. The van der Waals surface area contributed by atoms with E-state index in [0.717, 1.165) is 24.1 Å². The van der Waals surface area contributed by atoms with Crippen LogP contribution in [0.5, 0.6) is 0 Å². The summed E-state index contributed by atoms with van der Waals surface area (Å²) in [5, 5.41) is 9.08. The Bertz CT molecular complexity index is 653. The molecule has 8 nitrogen and oxygen atoms in total. The van der Waals surface area contributed by atoms with Crippen molar-refractivity contribution in [2.45, 2.75) is 19.1 Å². The first-order valence-corrected chi connectivity index (χ1v) is 6.45. The first-order chi connectivity index (χ1) is 10.8. The molecule has 0 radical (unpaired) electrons. The molecule has 1 N–H and O–H groups in total. The number of aliphatic carboxylic acids is 1. The van der Waals surface area contributed by atoms with Crippen molar-refractivity contribution in [3.63, 3.8) is 0 Å². The van der Waals surface area contributed by atoms with Crippen molar-refractivity contribution in [2.75, 3.05) is 18.1 Å². The molecule has 1 fully saturated rings. The minimum absolute atomic E-state index is 0.0193. The van der Waals surface area contributed by atoms with Gasteiger partial charge in [0, 0.05) is 19.5 Å². The lowest BCUT2D eigenvalue weighted by atomic mass is 10.1. The van der Waals surface area contributed by atoms with Gasteiger partial charge in [-0.05, 0) is 0 Å². The van der Waals surface area contributed by atoms with Crippen molar-refractivity contribution in [2.24, 2.45) is 0 Å². The molecular weight excluding hydrogens is 318 g/mol. The summed E-state index contributed by atoms with van der Waals surface area (Å²) in [6, 6.07) is 0.754. The number of carboxylic acid groups (broad SMARTS) is 1. The van der Waals surface area contributed by atoms with Gasteiger partial charge < -0.3 is 19.5 Å². The number of ether oxygens (including phenoxy) is 2. The van der Waals surface area contributed by atoms with Crippen LogP contribution in [0, 0.1) is 11.8 Å². The van der Waals surface area contributed by atoms with Gasteiger partial charge in [0.05, 0.1) is 18.5 Å². The average molecular weight is 330 g/mol. The molecule has 2 rings (SSSR count). The Balaban J connectivity index is 2.27. The molecule has 1 aromatic heterocycles. The predicted octanol–water partition coefficient (Wildman–Crippen LogP) is 0.108. The van der Waals surface area contributed by atoms with Crippen molar-refractivity contribution >= 4 is 23.5 Å². The Hall–Kier alpha value is -2.62. The summed E-state index contributed by atoms with van der Waals surface area (Å²) in [6.45, 7) is 0.884. The molecule has 1 saturated heterocycles. The Morgan fingerprint density at radius 1 is 1.52 bits per heavy atom. The van der Waals surface area contributed by atoms with Crippen LogP contribution in [0.3, 0.4) is 0 Å². The maximum Gasteiger partial charge on any atom is 0.348 e. The summed E-state index contributed by atoms with van der Waals surface area (Å²) >= 11 is 0. The lowest BCUT2D eigenvalue weighted by Gasteiger charge is -2.34. The molecule has 2 heterocycles. The van der Waals surface area contributed by atoms with Gasteiger partial charge in [0.25, 0.3) is 5.91 Å². The molecule has 0 spiro atoms. The first-order valence-electron chi connectivity index (χ1n) is 6.45. The highest BCUT2D eigenvalue weighted by Gasteiger charge is 2.42. The molecule has 0 aromatic carbocycles. The van der Waals surface area contributed by atoms with Gasteiger partial charge in [-0.1, -0.05) is 0 Å². The number of aromatic nitrogens is 1. The molecule has 1 aliphatic heterocycles. The summed E-state index contributed by atoms with van der Waals surface area (Å²) < 4.78 is 35.8. The van der Waals surface area contributed by atoms with Gasteiger partial charge in [0.2, 0.25) is 12.1 Å². The highest BCUT2D eigenvalue weighted by atomic mass is 19.2. The maximum absolute atomic E-state index is 13.2. The van der Waals surface area contributed by atoms with Crippen LogP contribution in [0.25, 0.3) is 0 Å². The fourth-order valence-electron chi connectivity index (χ4n) is 2.06. The summed E-state index contributed by atoms with van der Waals surface area (Å²) in [5.41, 5.74) is -0.0610. The van der Waals surface area contributed by atoms with E-state index in [1.54, 1.807) is 0 Å². The standard InChI is InChI=1S/C13H12F2N2O6/c1-6(18)23-10(13(20)21)9-12(19)17(2-3-22-9)7-4-8(14)11(15)16-5-7/h4-5,9-10H,2-3H2,1H3,(H,20,21)/t9-,10-/m1/s1. The molecule has 124 valence electrons. The van der Waals surface area contributed by atoms with Crippen LogP contribution in [0.1, 0.15) is 6.92 Å². The summed E-state index contributed by atoms with van der Waals surface area (Å²) in [5.74, 6) is -5.91. The third kappa shape index (κ3) is 3.59. The van der Waals surface area contributed by atoms with Crippen LogP contribution in [0.2, 0.25) is 0 Å². The summed E-state index contributed by atoms with van der Waals surface area (Å²) in [4.78, 5) is 38.7. The van der Waals surface area contributed by atoms with Crippen molar-refractivity contribution in [3.8, 4) is 0 Å². The number of carbonyl (C=O) groups is 3. The van der Waals surface area contributed by atoms with Gasteiger partial charge in [0.15, 0.2) is 11.9 Å². The van der Waals surface area contributed by atoms with Gasteiger partial charge in [-0.15, -0.1) is 0 Å². The average Bonchev–Trinajstić information content (AvgIpc) is 2.48. The highest BCUT2D eigenvalue weighted by Crippen LogP contribution is 2.22. The van der Waals surface area contributed by atoms with E-state index in [4.69, 9.17) is 9.84 Å². The first kappa shape index (κ1) is 16.7. The highest BCUT2D eigenvalue weighted by molar-refractivity contribution is 6.00. The zero-order chi connectivity index (χ0) is 17.1. The van der Waals surface area contributed by atoms with Crippen LogP contribution in [0.4, 0.5) is 14.5 Å². The zero-order valence-electron chi connectivity index (χ0n) is 11.9. The summed E-state index contributed by atoms with van der Waals surface area (Å²) in [6.07, 6.45) is -2.51. The number of hydrogen-bond donors (Lipinski definition) is 1. The van der Waals surface area contributed by atoms with Gasteiger partial charge in [-0.2, -0.15) is 4.39 Å². The number of morpholine rings is 1. The van der Waals surface area contributed by atoms with Gasteiger partial charge in [-0.3, -0.25) is 9.59 Å². The second kappa shape index (κ2) is 6.65. The third-order valence-corrected chi connectivity index (χ3v) is 3.03. The fourth-order valence-corrected chi connectivity index (χ4v) is 2.06. The number of anilines is 1. The topological polar surface area (TPSA) is 106 Å². The Morgan fingerprint density at radius 3 is 2.78 bits per heavy atom. The molecule has 1 amide bonds. The van der Waals surface area contributed by atoms with E-state index in [1.807, 2.05) is 0 Å². The summed E-state index contributed by atoms with van der Waals surface area (Å²) in [7, 11) is 0. The number of carboxylic acids is 1. The largest absolute Gasteiger partial charge is 0.478 e. The molecule has 0 aliphatic carbocycles. The SMILES string of the molecule is CC(=O)O[C@@H](C(=O)O)[C@H]1OCCN(c2cnc(F)c(F)c2)C1=O. The molecule has 0 saturated carbocycles. The minimum Gasteiger partial charge on any atom is -0.478 e. The number of pyridine rings is 1. The number of esters is 1. The monoisotopic (exact) mass is 330 g/mol. The lowest BCUT2D eigenvalue weighted by Crippen LogP contribution is -2.55. The van der Waals surface area contributed by atoms with Crippen molar-refractivity contribution < 1.29 is 37.7 Å². The molecule has 1 aliphatic rings. The number of rotatable bonds is 4. The van der Waals surface area contributed by atoms with Crippen LogP contribution >= 0.6 is 0 Å². The van der Waals surface area contributed by atoms with E-state index < -0.39 is 41.8 Å². The lowest BCUT2D eigenvalue weighted by molar-refractivity contribution is -0.177. The van der Waals surface area contributed by atoms with Crippen LogP contribution in [-0.4, -0.2) is 53.3 Å². The van der Waals surface area contributed by atoms with E-state index in [0.29, 0.717) is 0 Å². The number of nitrogens with zero attached hydrogens (tertiary/aromatic N) is 2. The van der Waals surface area contributed by atoms with E-state index in [1.165, 1.54) is 0 Å². The Kier molecular flexibility index (Phi) is 4.84. The molecule has 1 aromatic rings.